The third kappa shape index (κ3) is 4.04. The van der Waals surface area contributed by atoms with Gasteiger partial charge in [0.05, 0.1) is 5.69 Å². The van der Waals surface area contributed by atoms with Crippen LogP contribution in [0.1, 0.15) is 25.6 Å². The van der Waals surface area contributed by atoms with Gasteiger partial charge in [0, 0.05) is 44.5 Å². The van der Waals surface area contributed by atoms with Gasteiger partial charge in [-0.25, -0.2) is 4.79 Å². The van der Waals surface area contributed by atoms with Crippen molar-refractivity contribution in [1.29, 1.82) is 0 Å². The molecular formula is C16H24N4O. The van der Waals surface area contributed by atoms with E-state index in [-0.39, 0.29) is 18.1 Å². The molecular weight excluding hydrogens is 264 g/mol. The van der Waals surface area contributed by atoms with Gasteiger partial charge in [-0.05, 0) is 26.0 Å². The van der Waals surface area contributed by atoms with Gasteiger partial charge in [-0.2, -0.15) is 0 Å². The summed E-state index contributed by atoms with van der Waals surface area (Å²) in [6.45, 7) is 11.0. The summed E-state index contributed by atoms with van der Waals surface area (Å²) < 4.78 is 0. The van der Waals surface area contributed by atoms with Crippen molar-refractivity contribution in [3.8, 4) is 0 Å². The molecule has 1 fully saturated rings. The summed E-state index contributed by atoms with van der Waals surface area (Å²) in [5, 5.41) is 2.91. The molecule has 0 aliphatic carbocycles. The first-order valence-electron chi connectivity index (χ1n) is 7.44. The number of rotatable bonds is 4. The zero-order valence-electron chi connectivity index (χ0n) is 12.8. The van der Waals surface area contributed by atoms with Gasteiger partial charge in [-0.15, -0.1) is 6.58 Å². The summed E-state index contributed by atoms with van der Waals surface area (Å²) in [5.74, 6) is 0. The van der Waals surface area contributed by atoms with E-state index in [1.165, 1.54) is 0 Å². The van der Waals surface area contributed by atoms with Crippen molar-refractivity contribution < 1.29 is 4.79 Å². The van der Waals surface area contributed by atoms with Gasteiger partial charge in [0.15, 0.2) is 0 Å². The van der Waals surface area contributed by atoms with Crippen molar-refractivity contribution in [3.05, 3.63) is 42.7 Å². The molecule has 114 valence electrons. The molecule has 0 bridgehead atoms. The Kier molecular flexibility index (Phi) is 5.33. The van der Waals surface area contributed by atoms with E-state index in [9.17, 15) is 4.79 Å². The summed E-state index contributed by atoms with van der Waals surface area (Å²) in [6, 6.07) is 6.27. The molecule has 1 aromatic rings. The molecule has 1 aliphatic rings. The molecule has 0 aromatic carbocycles. The third-order valence-electron chi connectivity index (χ3n) is 3.97. The molecule has 5 nitrogen and oxygen atoms in total. The number of pyridine rings is 1. The lowest BCUT2D eigenvalue weighted by molar-refractivity contribution is 0.112. The molecule has 21 heavy (non-hydrogen) atoms. The molecule has 0 spiro atoms. The normalized spacial score (nSPS) is 18.9. The Balaban J connectivity index is 1.85. The molecule has 1 N–H and O–H groups in total. The molecule has 2 atom stereocenters. The fourth-order valence-electron chi connectivity index (χ4n) is 2.47. The van der Waals surface area contributed by atoms with Crippen molar-refractivity contribution in [3.63, 3.8) is 0 Å². The van der Waals surface area contributed by atoms with Crippen molar-refractivity contribution in [2.45, 2.75) is 25.9 Å². The predicted octanol–water partition coefficient (Wildman–Crippen LogP) is 2.04. The first-order chi connectivity index (χ1) is 10.1. The third-order valence-corrected chi connectivity index (χ3v) is 3.97. The van der Waals surface area contributed by atoms with E-state index in [0.29, 0.717) is 0 Å². The first kappa shape index (κ1) is 15.5. The van der Waals surface area contributed by atoms with E-state index in [1.807, 2.05) is 30.2 Å². The van der Waals surface area contributed by atoms with Crippen LogP contribution >= 0.6 is 0 Å². The second-order valence-electron chi connectivity index (χ2n) is 5.43. The zero-order chi connectivity index (χ0) is 15.2. The van der Waals surface area contributed by atoms with Crippen LogP contribution < -0.4 is 5.32 Å². The highest BCUT2D eigenvalue weighted by Crippen LogP contribution is 2.19. The van der Waals surface area contributed by atoms with Crippen LogP contribution in [0.25, 0.3) is 0 Å². The van der Waals surface area contributed by atoms with Gasteiger partial charge in [0.1, 0.15) is 0 Å². The fourth-order valence-corrected chi connectivity index (χ4v) is 2.47. The summed E-state index contributed by atoms with van der Waals surface area (Å²) in [7, 11) is 0. The highest BCUT2D eigenvalue weighted by atomic mass is 16.2. The van der Waals surface area contributed by atoms with Crippen LogP contribution in [-0.4, -0.2) is 53.0 Å². The van der Waals surface area contributed by atoms with Gasteiger partial charge >= 0.3 is 6.03 Å². The molecule has 0 saturated carbocycles. The Hall–Kier alpha value is -1.88. The number of urea groups is 1. The van der Waals surface area contributed by atoms with E-state index in [4.69, 9.17) is 0 Å². The number of amides is 2. The molecule has 5 heteroatoms. The Labute approximate surface area is 126 Å². The fraction of sp³-hybridized carbons (Fsp3) is 0.500. The molecule has 2 unspecified atom stereocenters. The number of piperazine rings is 1. The maximum absolute atomic E-state index is 12.1. The van der Waals surface area contributed by atoms with Gasteiger partial charge in [0.2, 0.25) is 0 Å². The smallest absolute Gasteiger partial charge is 0.317 e. The predicted molar refractivity (Wildman–Crippen MR) is 84.0 cm³/mol. The summed E-state index contributed by atoms with van der Waals surface area (Å²) in [4.78, 5) is 20.7. The van der Waals surface area contributed by atoms with Crippen molar-refractivity contribution in [1.82, 2.24) is 20.1 Å². The van der Waals surface area contributed by atoms with Crippen LogP contribution in [0.15, 0.2) is 37.1 Å². The lowest BCUT2D eigenvalue weighted by atomic mass is 10.1. The first-order valence-corrected chi connectivity index (χ1v) is 7.44. The number of aromatic nitrogens is 1. The average Bonchev–Trinajstić information content (AvgIpc) is 2.55. The van der Waals surface area contributed by atoms with Gasteiger partial charge in [0.25, 0.3) is 0 Å². The largest absolute Gasteiger partial charge is 0.332 e. The molecule has 1 aromatic heterocycles. The van der Waals surface area contributed by atoms with Crippen LogP contribution in [0, 0.1) is 0 Å². The van der Waals surface area contributed by atoms with E-state index < -0.39 is 0 Å². The van der Waals surface area contributed by atoms with Crippen LogP contribution in [0.4, 0.5) is 4.79 Å². The molecule has 2 amide bonds. The Morgan fingerprint density at radius 3 is 2.62 bits per heavy atom. The number of hydrogen-bond donors (Lipinski definition) is 1. The number of carbonyl (C=O) groups is 1. The second-order valence-corrected chi connectivity index (χ2v) is 5.43. The van der Waals surface area contributed by atoms with Gasteiger partial charge in [-0.1, -0.05) is 12.1 Å². The maximum Gasteiger partial charge on any atom is 0.317 e. The van der Waals surface area contributed by atoms with Crippen molar-refractivity contribution in [2.24, 2.45) is 0 Å². The SMILES string of the molecule is C=CC(C)NC(=O)N1CCN(C(C)c2ccccn2)CC1. The van der Waals surface area contributed by atoms with Crippen LogP contribution in [0.2, 0.25) is 0 Å². The molecule has 0 radical (unpaired) electrons. The van der Waals surface area contributed by atoms with Crippen molar-refractivity contribution in [2.75, 3.05) is 26.2 Å². The summed E-state index contributed by atoms with van der Waals surface area (Å²) >= 11 is 0. The number of hydrogen-bond acceptors (Lipinski definition) is 3. The lowest BCUT2D eigenvalue weighted by Crippen LogP contribution is -2.53. The monoisotopic (exact) mass is 288 g/mol. The second kappa shape index (κ2) is 7.22. The summed E-state index contributed by atoms with van der Waals surface area (Å²) in [6.07, 6.45) is 3.56. The van der Waals surface area contributed by atoms with E-state index in [0.717, 1.165) is 31.9 Å². The Morgan fingerprint density at radius 2 is 2.05 bits per heavy atom. The van der Waals surface area contributed by atoms with E-state index >= 15 is 0 Å². The Morgan fingerprint density at radius 1 is 1.33 bits per heavy atom. The number of nitrogens with zero attached hydrogens (tertiary/aromatic N) is 3. The van der Waals surface area contributed by atoms with Gasteiger partial charge in [-0.3, -0.25) is 9.88 Å². The van der Waals surface area contributed by atoms with E-state index in [1.54, 1.807) is 6.08 Å². The number of carbonyl (C=O) groups excluding carboxylic acids is 1. The van der Waals surface area contributed by atoms with E-state index in [2.05, 4.69) is 34.8 Å². The minimum Gasteiger partial charge on any atom is -0.332 e. The molecule has 1 saturated heterocycles. The van der Waals surface area contributed by atoms with Crippen molar-refractivity contribution >= 4 is 6.03 Å². The van der Waals surface area contributed by atoms with Crippen LogP contribution in [0.3, 0.4) is 0 Å². The molecule has 2 heterocycles. The quantitative estimate of drug-likeness (QED) is 0.863. The minimum absolute atomic E-state index is 0.00275. The highest BCUT2D eigenvalue weighted by molar-refractivity contribution is 5.74. The van der Waals surface area contributed by atoms with Crippen LogP contribution in [0.5, 0.6) is 0 Å². The standard InChI is InChI=1S/C16H24N4O/c1-4-13(2)18-16(21)20-11-9-19(10-12-20)14(3)15-7-5-6-8-17-15/h4-8,13-14H,1,9-12H2,2-3H3,(H,18,21). The summed E-state index contributed by atoms with van der Waals surface area (Å²) in [5.41, 5.74) is 1.08. The molecule has 2 rings (SSSR count). The van der Waals surface area contributed by atoms with Crippen LogP contribution in [-0.2, 0) is 0 Å². The number of nitrogens with one attached hydrogen (secondary N) is 1. The average molecular weight is 288 g/mol. The zero-order valence-corrected chi connectivity index (χ0v) is 12.8. The minimum atomic E-state index is -0.00691. The van der Waals surface area contributed by atoms with Gasteiger partial charge < -0.3 is 10.2 Å². The Bertz CT molecular complexity index is 468. The molecule has 1 aliphatic heterocycles. The highest BCUT2D eigenvalue weighted by Gasteiger charge is 2.25. The lowest BCUT2D eigenvalue weighted by Gasteiger charge is -2.38. The maximum atomic E-state index is 12.1. The topological polar surface area (TPSA) is 48.5 Å².